The predicted octanol–water partition coefficient (Wildman–Crippen LogP) is -1.10. The number of aromatic carboxylic acids is 2. The molecule has 8 rings (SSSR count). The van der Waals surface area contributed by atoms with Crippen molar-refractivity contribution in [3.05, 3.63) is 116 Å². The first-order valence-corrected chi connectivity index (χ1v) is 19.0. The second-order valence-corrected chi connectivity index (χ2v) is 15.2. The quantitative estimate of drug-likeness (QED) is 0.0950. The molecule has 0 aromatic heterocycles. The number of carboxylic acids is 2. The number of benzene rings is 4. The zero-order valence-electron chi connectivity index (χ0n) is 31.7. The fourth-order valence-corrected chi connectivity index (χ4v) is 8.71. The van der Waals surface area contributed by atoms with Crippen LogP contribution >= 0.6 is 0 Å². The molecule has 20 nitrogen and oxygen atoms in total. The molecule has 4 aromatic carbocycles. The lowest BCUT2D eigenvalue weighted by molar-refractivity contribution is -0.277. The van der Waals surface area contributed by atoms with Crippen molar-refractivity contribution < 1.29 is 99.4 Å². The Morgan fingerprint density at radius 1 is 0.516 bits per heavy atom. The average molecular weight is 863 g/mol. The number of phenolic OH excluding ortho intramolecular Hbond substituents is 2. The van der Waals surface area contributed by atoms with Crippen LogP contribution in [0.15, 0.2) is 60.7 Å². The fraction of sp³-hybridized carbons (Fsp3) is 0.333. The fourth-order valence-electron chi connectivity index (χ4n) is 8.71. The van der Waals surface area contributed by atoms with Crippen LogP contribution in [0.1, 0.15) is 86.6 Å². The van der Waals surface area contributed by atoms with Gasteiger partial charge in [0.15, 0.2) is 0 Å². The topological polar surface area (TPSA) is 348 Å². The van der Waals surface area contributed by atoms with Crippen LogP contribution in [0.3, 0.4) is 0 Å². The third-order valence-electron chi connectivity index (χ3n) is 11.7. The molecule has 4 aromatic rings. The van der Waals surface area contributed by atoms with Gasteiger partial charge in [0.05, 0.1) is 46.6 Å². The molecular weight excluding hydrogens is 824 g/mol. The first kappa shape index (κ1) is 42.6. The largest absolute Gasteiger partial charge is 0.507 e. The Kier molecular flexibility index (Phi) is 11.0. The van der Waals surface area contributed by atoms with Crippen LogP contribution < -0.4 is 9.47 Å². The minimum Gasteiger partial charge on any atom is -0.507 e. The second kappa shape index (κ2) is 16.0. The summed E-state index contributed by atoms with van der Waals surface area (Å²) in [5.41, 5.74) is -2.87. The Morgan fingerprint density at radius 2 is 0.887 bits per heavy atom. The highest BCUT2D eigenvalue weighted by atomic mass is 16.7. The zero-order chi connectivity index (χ0) is 44.6. The second-order valence-electron chi connectivity index (χ2n) is 15.2. The number of ketones is 2. The molecule has 326 valence electrons. The summed E-state index contributed by atoms with van der Waals surface area (Å²) in [6, 6.07) is 11.9. The number of ether oxygens (including phenoxy) is 4. The smallest absolute Gasteiger partial charge is 0.335 e. The van der Waals surface area contributed by atoms with Gasteiger partial charge in [-0.2, -0.15) is 0 Å². The van der Waals surface area contributed by atoms with E-state index in [9.17, 15) is 80.5 Å². The Morgan fingerprint density at radius 3 is 1.23 bits per heavy atom. The van der Waals surface area contributed by atoms with Crippen molar-refractivity contribution >= 4 is 23.5 Å². The molecule has 12 N–H and O–H groups in total. The highest BCUT2D eigenvalue weighted by Gasteiger charge is 2.50. The summed E-state index contributed by atoms with van der Waals surface area (Å²) in [7, 11) is 0. The van der Waals surface area contributed by atoms with Gasteiger partial charge in [-0.15, -0.1) is 0 Å². The van der Waals surface area contributed by atoms with Crippen molar-refractivity contribution in [2.24, 2.45) is 0 Å². The van der Waals surface area contributed by atoms with Crippen LogP contribution in [0.25, 0.3) is 0 Å². The molecule has 0 saturated carbocycles. The molecule has 62 heavy (non-hydrogen) atoms. The number of fused-ring (bicyclic) bond motifs is 4. The van der Waals surface area contributed by atoms with Gasteiger partial charge in [0, 0.05) is 11.8 Å². The van der Waals surface area contributed by atoms with Crippen molar-refractivity contribution in [2.45, 2.75) is 73.2 Å². The van der Waals surface area contributed by atoms with E-state index in [1.54, 1.807) is 0 Å². The van der Waals surface area contributed by atoms with Crippen molar-refractivity contribution in [1.82, 2.24) is 0 Å². The summed E-state index contributed by atoms with van der Waals surface area (Å²) in [4.78, 5) is 54.2. The van der Waals surface area contributed by atoms with Crippen LogP contribution in [0.4, 0.5) is 0 Å². The molecule has 10 unspecified atom stereocenters. The molecule has 20 heteroatoms. The number of rotatable bonds is 9. The van der Waals surface area contributed by atoms with Crippen LogP contribution in [-0.2, 0) is 9.47 Å². The first-order chi connectivity index (χ1) is 29.5. The molecule has 0 spiro atoms. The molecule has 2 heterocycles. The highest BCUT2D eigenvalue weighted by Crippen LogP contribution is 2.56. The molecule has 0 amide bonds. The molecular formula is C42H38O20. The van der Waals surface area contributed by atoms with Crippen molar-refractivity contribution in [3.63, 3.8) is 0 Å². The first-order valence-electron chi connectivity index (χ1n) is 19.0. The van der Waals surface area contributed by atoms with E-state index in [1.807, 2.05) is 0 Å². The Balaban J connectivity index is 1.38. The minimum absolute atomic E-state index is 0.00301. The molecule has 2 fully saturated rings. The summed E-state index contributed by atoms with van der Waals surface area (Å²) >= 11 is 0. The molecule has 2 aliphatic heterocycles. The Hall–Kier alpha value is -6.04. The summed E-state index contributed by atoms with van der Waals surface area (Å²) in [6.45, 7) is -1.64. The Labute approximate surface area is 348 Å². The average Bonchev–Trinajstić information content (AvgIpc) is 3.24. The number of hydrogen-bond acceptors (Lipinski definition) is 18. The molecule has 0 radical (unpaired) electrons. The van der Waals surface area contributed by atoms with Crippen LogP contribution in [0.2, 0.25) is 0 Å². The van der Waals surface area contributed by atoms with Gasteiger partial charge < -0.3 is 80.2 Å². The highest BCUT2D eigenvalue weighted by molar-refractivity contribution is 6.18. The summed E-state index contributed by atoms with van der Waals surface area (Å²) in [5, 5.41) is 126. The summed E-state index contributed by atoms with van der Waals surface area (Å²) < 4.78 is 23.0. The van der Waals surface area contributed by atoms with E-state index in [0.29, 0.717) is 0 Å². The van der Waals surface area contributed by atoms with E-state index in [2.05, 4.69) is 0 Å². The molecule has 2 aliphatic carbocycles. The SMILES string of the molecule is O=C(O)c1cc(O)c2c(c1)[C@@H]([C@H]1c3cc(C(=O)O)cc(O)c3C(=O)c3c(OC4OC(CO)C(O)C(O)C4O)cccc31)c1cccc(OC3OC(CO)C(O)C(O)C3O)c1C2=O. The predicted molar refractivity (Wildman–Crippen MR) is 202 cm³/mol. The van der Waals surface area contributed by atoms with E-state index in [-0.39, 0.29) is 44.9 Å². The van der Waals surface area contributed by atoms with Gasteiger partial charge in [0.2, 0.25) is 24.1 Å². The number of hydrogen-bond donors (Lipinski definition) is 12. The standard InChI is InChI=1S/C42H38O20/c43-11-23-31(47)35(51)37(53)41(61-23)59-21-5-1-3-15-25(17-7-13(39(55)56)9-19(45)27(17)33(49)29(15)21)26-16-4-2-6-22(60-42-38(54)36(52)32(48)24(12-44)62-42)30(16)34(50)28-18(26)8-14(40(57)58)10-20(28)46/h1-10,23-26,31-32,35-38,41-48,51-54H,11-12H2,(H,55,56)(H,57,58)/t23?,24?,25-,26+,31?,32?,35?,36?,37?,38?,41?,42?. The maximum atomic E-state index is 14.7. The van der Waals surface area contributed by atoms with Gasteiger partial charge in [-0.3, -0.25) is 9.59 Å². The van der Waals surface area contributed by atoms with Gasteiger partial charge >= 0.3 is 11.9 Å². The van der Waals surface area contributed by atoms with Gasteiger partial charge in [0.25, 0.3) is 0 Å². The van der Waals surface area contributed by atoms with Crippen molar-refractivity contribution in [1.29, 1.82) is 0 Å². The Bertz CT molecular complexity index is 2330. The van der Waals surface area contributed by atoms with E-state index in [4.69, 9.17) is 18.9 Å². The molecule has 2 saturated heterocycles. The third kappa shape index (κ3) is 6.73. The van der Waals surface area contributed by atoms with Gasteiger partial charge in [0.1, 0.15) is 71.8 Å². The van der Waals surface area contributed by atoms with Crippen LogP contribution in [-0.4, -0.2) is 159 Å². The van der Waals surface area contributed by atoms with Gasteiger partial charge in [-0.05, 0) is 58.7 Å². The van der Waals surface area contributed by atoms with Crippen molar-refractivity contribution in [3.8, 4) is 23.0 Å². The van der Waals surface area contributed by atoms with Gasteiger partial charge in [-0.25, -0.2) is 9.59 Å². The third-order valence-corrected chi connectivity index (χ3v) is 11.7. The number of aliphatic hydroxyl groups is 8. The lowest BCUT2D eigenvalue weighted by atomic mass is 9.63. The lowest BCUT2D eigenvalue weighted by Gasteiger charge is -2.41. The molecule has 12 atom stereocenters. The van der Waals surface area contributed by atoms with Crippen LogP contribution in [0, 0.1) is 0 Å². The summed E-state index contributed by atoms with van der Waals surface area (Å²) in [5.74, 6) is -10.1. The monoisotopic (exact) mass is 862 g/mol. The molecule has 4 aliphatic rings. The number of carbonyl (C=O) groups is 4. The number of aromatic hydroxyl groups is 2. The van der Waals surface area contributed by atoms with Crippen molar-refractivity contribution in [2.75, 3.05) is 13.2 Å². The number of carbonyl (C=O) groups excluding carboxylic acids is 2. The van der Waals surface area contributed by atoms with Gasteiger partial charge in [-0.1, -0.05) is 24.3 Å². The van der Waals surface area contributed by atoms with E-state index in [0.717, 1.165) is 24.3 Å². The normalized spacial score (nSPS) is 30.1. The zero-order valence-corrected chi connectivity index (χ0v) is 31.7. The maximum absolute atomic E-state index is 14.7. The molecule has 0 bridgehead atoms. The van der Waals surface area contributed by atoms with E-state index < -0.39 is 144 Å². The number of aliphatic hydroxyl groups excluding tert-OH is 8. The number of carboxylic acid groups (broad SMARTS) is 2. The van der Waals surface area contributed by atoms with E-state index >= 15 is 0 Å². The van der Waals surface area contributed by atoms with Crippen LogP contribution in [0.5, 0.6) is 23.0 Å². The maximum Gasteiger partial charge on any atom is 0.335 e. The lowest BCUT2D eigenvalue weighted by Crippen LogP contribution is -2.60. The van der Waals surface area contributed by atoms with E-state index in [1.165, 1.54) is 36.4 Å². The number of phenols is 2. The minimum atomic E-state index is -1.94. The summed E-state index contributed by atoms with van der Waals surface area (Å²) in [6.07, 6.45) is -17.7.